The van der Waals surface area contributed by atoms with Crippen LogP contribution in [0.15, 0.2) is 45.8 Å². The molecule has 0 atom stereocenters. The van der Waals surface area contributed by atoms with E-state index < -0.39 is 10.0 Å². The standard InChI is InChI=1S/C23H29N3O5S/c1-7-30-18-10-8-17(9-11-18)23-24-22(31-25-23)14-26(5)32(27,28)21-13-19(15(2)3)20(29-6)12-16(21)4/h8-13,15H,7,14H2,1-6H3. The molecule has 2 aromatic carbocycles. The smallest absolute Gasteiger partial charge is 0.243 e. The molecular formula is C23H29N3O5S. The third-order valence-corrected chi connectivity index (χ3v) is 7.03. The number of ether oxygens (including phenoxy) is 2. The van der Waals surface area contributed by atoms with Crippen LogP contribution in [-0.2, 0) is 16.6 Å². The zero-order chi connectivity index (χ0) is 23.5. The molecule has 0 fully saturated rings. The Bertz CT molecular complexity index is 1170. The Hall–Kier alpha value is -2.91. The maximum atomic E-state index is 13.3. The average Bonchev–Trinajstić information content (AvgIpc) is 3.22. The van der Waals surface area contributed by atoms with E-state index in [1.165, 1.54) is 11.4 Å². The lowest BCUT2D eigenvalue weighted by Gasteiger charge is -2.20. The predicted octanol–water partition coefficient (Wildman–Crippen LogP) is 4.40. The summed E-state index contributed by atoms with van der Waals surface area (Å²) in [7, 11) is -0.706. The molecule has 0 spiro atoms. The van der Waals surface area contributed by atoms with E-state index >= 15 is 0 Å². The first-order valence-electron chi connectivity index (χ1n) is 10.4. The molecule has 0 amide bonds. The average molecular weight is 460 g/mol. The summed E-state index contributed by atoms with van der Waals surface area (Å²) in [5.74, 6) is 2.13. The molecule has 0 N–H and O–H groups in total. The summed E-state index contributed by atoms with van der Waals surface area (Å²) in [5, 5.41) is 3.98. The van der Waals surface area contributed by atoms with E-state index in [2.05, 4.69) is 10.1 Å². The summed E-state index contributed by atoms with van der Waals surface area (Å²) in [5.41, 5.74) is 2.20. The van der Waals surface area contributed by atoms with Gasteiger partial charge in [0.2, 0.25) is 21.7 Å². The predicted molar refractivity (Wildman–Crippen MR) is 121 cm³/mol. The van der Waals surface area contributed by atoms with Crippen LogP contribution in [0.4, 0.5) is 0 Å². The molecule has 0 aliphatic heterocycles. The second kappa shape index (κ2) is 9.70. The molecule has 0 bridgehead atoms. The highest BCUT2D eigenvalue weighted by atomic mass is 32.2. The number of benzene rings is 2. The fraction of sp³-hybridized carbons (Fsp3) is 0.391. The van der Waals surface area contributed by atoms with Gasteiger partial charge in [-0.1, -0.05) is 19.0 Å². The molecule has 3 rings (SSSR count). The first-order valence-corrected chi connectivity index (χ1v) is 11.8. The number of rotatable bonds is 9. The summed E-state index contributed by atoms with van der Waals surface area (Å²) in [6, 6.07) is 10.7. The van der Waals surface area contributed by atoms with Crippen molar-refractivity contribution in [1.82, 2.24) is 14.4 Å². The maximum Gasteiger partial charge on any atom is 0.243 e. The van der Waals surface area contributed by atoms with E-state index in [-0.39, 0.29) is 23.2 Å². The van der Waals surface area contributed by atoms with Gasteiger partial charge >= 0.3 is 0 Å². The first-order chi connectivity index (χ1) is 15.2. The molecule has 9 heteroatoms. The molecule has 3 aromatic rings. The van der Waals surface area contributed by atoms with Crippen LogP contribution >= 0.6 is 0 Å². The van der Waals surface area contributed by atoms with Crippen molar-refractivity contribution < 1.29 is 22.4 Å². The Labute approximate surface area is 189 Å². The van der Waals surface area contributed by atoms with E-state index in [9.17, 15) is 8.42 Å². The fourth-order valence-electron chi connectivity index (χ4n) is 3.33. The van der Waals surface area contributed by atoms with Gasteiger partial charge in [-0.3, -0.25) is 0 Å². The molecule has 0 radical (unpaired) electrons. The summed E-state index contributed by atoms with van der Waals surface area (Å²) in [6.07, 6.45) is 0. The normalized spacial score (nSPS) is 11.9. The van der Waals surface area contributed by atoms with Crippen LogP contribution in [0.25, 0.3) is 11.4 Å². The van der Waals surface area contributed by atoms with Crippen LogP contribution in [0.3, 0.4) is 0 Å². The molecule has 0 aliphatic rings. The second-order valence-electron chi connectivity index (χ2n) is 7.74. The van der Waals surface area contributed by atoms with E-state index in [1.807, 2.05) is 45.0 Å². The molecule has 1 aromatic heterocycles. The zero-order valence-corrected chi connectivity index (χ0v) is 20.1. The fourth-order valence-corrected chi connectivity index (χ4v) is 4.69. The van der Waals surface area contributed by atoms with Gasteiger partial charge in [-0.05, 0) is 67.3 Å². The summed E-state index contributed by atoms with van der Waals surface area (Å²) in [4.78, 5) is 4.59. The third kappa shape index (κ3) is 4.94. The zero-order valence-electron chi connectivity index (χ0n) is 19.2. The Kier molecular flexibility index (Phi) is 7.20. The monoisotopic (exact) mass is 459 g/mol. The minimum atomic E-state index is -3.78. The molecule has 0 saturated carbocycles. The number of methoxy groups -OCH3 is 1. The number of hydrogen-bond donors (Lipinski definition) is 0. The third-order valence-electron chi connectivity index (χ3n) is 5.09. The molecular weight excluding hydrogens is 430 g/mol. The minimum Gasteiger partial charge on any atom is -0.496 e. The van der Waals surface area contributed by atoms with Crippen molar-refractivity contribution in [3.05, 3.63) is 53.4 Å². The topological polar surface area (TPSA) is 94.8 Å². The lowest BCUT2D eigenvalue weighted by Crippen LogP contribution is -2.27. The number of hydrogen-bond acceptors (Lipinski definition) is 7. The van der Waals surface area contributed by atoms with Gasteiger partial charge in [-0.25, -0.2) is 8.42 Å². The molecule has 0 saturated heterocycles. The highest BCUT2D eigenvalue weighted by molar-refractivity contribution is 7.89. The van der Waals surface area contributed by atoms with Crippen LogP contribution < -0.4 is 9.47 Å². The molecule has 1 heterocycles. The molecule has 0 aliphatic carbocycles. The van der Waals surface area contributed by atoms with Gasteiger partial charge in [-0.2, -0.15) is 9.29 Å². The highest BCUT2D eigenvalue weighted by Crippen LogP contribution is 2.33. The van der Waals surface area contributed by atoms with Gasteiger partial charge < -0.3 is 14.0 Å². The van der Waals surface area contributed by atoms with Crippen LogP contribution in [0.1, 0.15) is 43.7 Å². The van der Waals surface area contributed by atoms with Gasteiger partial charge in [-0.15, -0.1) is 0 Å². The Morgan fingerprint density at radius 3 is 2.44 bits per heavy atom. The lowest BCUT2D eigenvalue weighted by molar-refractivity contribution is 0.336. The van der Waals surface area contributed by atoms with Crippen molar-refractivity contribution in [3.8, 4) is 22.9 Å². The number of aromatic nitrogens is 2. The minimum absolute atomic E-state index is 0.0468. The number of nitrogens with zero attached hydrogens (tertiary/aromatic N) is 3. The molecule has 32 heavy (non-hydrogen) atoms. The quantitative estimate of drug-likeness (QED) is 0.468. The summed E-state index contributed by atoms with van der Waals surface area (Å²) >= 11 is 0. The van der Waals surface area contributed by atoms with Crippen molar-refractivity contribution in [3.63, 3.8) is 0 Å². The van der Waals surface area contributed by atoms with E-state index in [0.29, 0.717) is 23.7 Å². The Morgan fingerprint density at radius 2 is 1.84 bits per heavy atom. The van der Waals surface area contributed by atoms with Crippen molar-refractivity contribution >= 4 is 10.0 Å². The SMILES string of the molecule is CCOc1ccc(-c2noc(CN(C)S(=O)(=O)c3cc(C(C)C)c(OC)cc3C)n2)cc1. The summed E-state index contributed by atoms with van der Waals surface area (Å²) in [6.45, 7) is 8.20. The van der Waals surface area contributed by atoms with E-state index in [0.717, 1.165) is 16.9 Å². The maximum absolute atomic E-state index is 13.3. The van der Waals surface area contributed by atoms with Gasteiger partial charge in [0.25, 0.3) is 0 Å². The number of sulfonamides is 1. The van der Waals surface area contributed by atoms with Gasteiger partial charge in [0.05, 0.1) is 25.2 Å². The van der Waals surface area contributed by atoms with Gasteiger partial charge in [0.15, 0.2) is 0 Å². The van der Waals surface area contributed by atoms with Crippen LogP contribution in [-0.4, -0.2) is 43.6 Å². The van der Waals surface area contributed by atoms with Crippen molar-refractivity contribution in [2.24, 2.45) is 0 Å². The lowest BCUT2D eigenvalue weighted by atomic mass is 10.0. The van der Waals surface area contributed by atoms with Crippen molar-refractivity contribution in [1.29, 1.82) is 0 Å². The first kappa shape index (κ1) is 23.7. The Balaban J connectivity index is 1.83. The second-order valence-corrected chi connectivity index (χ2v) is 9.76. The van der Waals surface area contributed by atoms with Crippen molar-refractivity contribution in [2.45, 2.75) is 45.1 Å². The van der Waals surface area contributed by atoms with Crippen LogP contribution in [0.5, 0.6) is 11.5 Å². The van der Waals surface area contributed by atoms with E-state index in [4.69, 9.17) is 14.0 Å². The largest absolute Gasteiger partial charge is 0.496 e. The van der Waals surface area contributed by atoms with Gasteiger partial charge in [0.1, 0.15) is 11.5 Å². The highest BCUT2D eigenvalue weighted by Gasteiger charge is 2.27. The molecule has 0 unspecified atom stereocenters. The number of aryl methyl sites for hydroxylation is 1. The van der Waals surface area contributed by atoms with E-state index in [1.54, 1.807) is 26.2 Å². The molecule has 172 valence electrons. The van der Waals surface area contributed by atoms with Gasteiger partial charge in [0, 0.05) is 12.6 Å². The van der Waals surface area contributed by atoms with Crippen LogP contribution in [0.2, 0.25) is 0 Å². The van der Waals surface area contributed by atoms with Crippen molar-refractivity contribution in [2.75, 3.05) is 20.8 Å². The summed E-state index contributed by atoms with van der Waals surface area (Å²) < 4.78 is 44.0. The Morgan fingerprint density at radius 1 is 1.16 bits per heavy atom. The molecule has 8 nitrogen and oxygen atoms in total. The van der Waals surface area contributed by atoms with Crippen LogP contribution in [0, 0.1) is 6.92 Å².